The molecule has 2 heterocycles. The van der Waals surface area contributed by atoms with E-state index in [4.69, 9.17) is 0 Å². The molecule has 0 spiro atoms. The van der Waals surface area contributed by atoms with Crippen molar-refractivity contribution in [2.24, 2.45) is 0 Å². The first-order valence-electron chi connectivity index (χ1n) is 6.58. The summed E-state index contributed by atoms with van der Waals surface area (Å²) in [5.41, 5.74) is 0.962. The minimum atomic E-state index is -0.301. The number of nitrogens with one attached hydrogen (secondary N) is 2. The highest BCUT2D eigenvalue weighted by Gasteiger charge is 2.13. The molecule has 0 saturated heterocycles. The number of rotatable bonds is 3. The van der Waals surface area contributed by atoms with Crippen LogP contribution < -0.4 is 5.32 Å². The second-order valence-corrected chi connectivity index (χ2v) is 6.19. The van der Waals surface area contributed by atoms with Crippen molar-refractivity contribution in [3.8, 4) is 0 Å². The maximum atomic E-state index is 13.2. The molecule has 0 aliphatic carbocycles. The zero-order valence-corrected chi connectivity index (χ0v) is 12.4. The highest BCUT2D eigenvalue weighted by molar-refractivity contribution is 7.20. The molecule has 1 amide bonds. The van der Waals surface area contributed by atoms with E-state index in [1.54, 1.807) is 12.1 Å². The molecule has 108 valence electrons. The van der Waals surface area contributed by atoms with Crippen LogP contribution in [0.4, 0.5) is 10.2 Å². The number of fused-ring (bicyclic) bond motifs is 1. The lowest BCUT2D eigenvalue weighted by Crippen LogP contribution is -2.10. The number of anilines is 1. The quantitative estimate of drug-likeness (QED) is 0.764. The first-order chi connectivity index (χ1) is 10.0. The number of nitrogens with zero attached hydrogens (tertiary/aromatic N) is 1. The van der Waals surface area contributed by atoms with Crippen LogP contribution >= 0.6 is 11.3 Å². The Bertz CT molecular complexity index is 806. The molecule has 0 radical (unpaired) electrons. The van der Waals surface area contributed by atoms with Gasteiger partial charge >= 0.3 is 0 Å². The van der Waals surface area contributed by atoms with Crippen LogP contribution in [0, 0.1) is 5.82 Å². The number of carbonyl (C=O) groups is 1. The fourth-order valence-corrected chi connectivity index (χ4v) is 2.97. The second-order valence-electron chi connectivity index (χ2n) is 5.11. The zero-order valence-electron chi connectivity index (χ0n) is 11.6. The molecule has 3 aromatic rings. The first kappa shape index (κ1) is 13.8. The minimum absolute atomic E-state index is 0.238. The molecule has 21 heavy (non-hydrogen) atoms. The lowest BCUT2D eigenvalue weighted by Gasteiger charge is -1.98. The molecule has 0 fully saturated rings. The summed E-state index contributed by atoms with van der Waals surface area (Å²) in [5.74, 6) is 0.270. The van der Waals surface area contributed by atoms with Crippen molar-refractivity contribution < 1.29 is 9.18 Å². The van der Waals surface area contributed by atoms with Gasteiger partial charge in [-0.1, -0.05) is 19.9 Å². The lowest BCUT2D eigenvalue weighted by molar-refractivity contribution is 0.103. The number of hydrogen-bond acceptors (Lipinski definition) is 3. The SMILES string of the molecule is CC(C)c1cc(NC(=O)c2cc3ccc(F)cc3s2)n[nH]1. The van der Waals surface area contributed by atoms with Crippen molar-refractivity contribution in [1.29, 1.82) is 0 Å². The second kappa shape index (κ2) is 5.29. The van der Waals surface area contributed by atoms with Crippen LogP contribution in [0.2, 0.25) is 0 Å². The Morgan fingerprint density at radius 2 is 2.14 bits per heavy atom. The molecular weight excluding hydrogens is 289 g/mol. The Kier molecular flexibility index (Phi) is 3.47. The fraction of sp³-hybridized carbons (Fsp3) is 0.200. The van der Waals surface area contributed by atoms with E-state index in [9.17, 15) is 9.18 Å². The number of carbonyl (C=O) groups excluding carboxylic acids is 1. The third-order valence-electron chi connectivity index (χ3n) is 3.17. The normalized spacial score (nSPS) is 11.2. The van der Waals surface area contributed by atoms with Crippen LogP contribution in [0.1, 0.15) is 35.1 Å². The van der Waals surface area contributed by atoms with Gasteiger partial charge in [-0.25, -0.2) is 4.39 Å². The Morgan fingerprint density at radius 3 is 2.86 bits per heavy atom. The number of aromatic nitrogens is 2. The maximum Gasteiger partial charge on any atom is 0.266 e. The molecule has 6 heteroatoms. The Hall–Kier alpha value is -2.21. The predicted molar refractivity (Wildman–Crippen MR) is 82.4 cm³/mol. The van der Waals surface area contributed by atoms with Crippen LogP contribution in [-0.2, 0) is 0 Å². The Balaban J connectivity index is 1.82. The van der Waals surface area contributed by atoms with Crippen LogP contribution in [0.25, 0.3) is 10.1 Å². The first-order valence-corrected chi connectivity index (χ1v) is 7.40. The number of benzene rings is 1. The van der Waals surface area contributed by atoms with Crippen molar-refractivity contribution in [3.05, 3.63) is 46.7 Å². The molecule has 0 unspecified atom stereocenters. The molecule has 3 rings (SSSR count). The summed E-state index contributed by atoms with van der Waals surface area (Å²) in [7, 11) is 0. The topological polar surface area (TPSA) is 57.8 Å². The number of hydrogen-bond donors (Lipinski definition) is 2. The highest BCUT2D eigenvalue weighted by atomic mass is 32.1. The molecule has 0 aliphatic heterocycles. The van der Waals surface area contributed by atoms with Gasteiger partial charge in [-0.3, -0.25) is 9.89 Å². The van der Waals surface area contributed by atoms with Crippen molar-refractivity contribution in [1.82, 2.24) is 10.2 Å². The number of H-pyrrole nitrogens is 1. The van der Waals surface area contributed by atoms with Gasteiger partial charge in [0.2, 0.25) is 0 Å². The number of thiophene rings is 1. The van der Waals surface area contributed by atoms with E-state index in [0.29, 0.717) is 16.6 Å². The largest absolute Gasteiger partial charge is 0.304 e. The minimum Gasteiger partial charge on any atom is -0.304 e. The van der Waals surface area contributed by atoms with Crippen molar-refractivity contribution in [2.45, 2.75) is 19.8 Å². The molecule has 0 bridgehead atoms. The molecule has 0 saturated carbocycles. The monoisotopic (exact) mass is 303 g/mol. The van der Waals surface area contributed by atoms with Gasteiger partial charge in [-0.15, -0.1) is 11.3 Å². The van der Waals surface area contributed by atoms with E-state index in [2.05, 4.69) is 15.5 Å². The van der Waals surface area contributed by atoms with E-state index in [1.165, 1.54) is 23.5 Å². The Morgan fingerprint density at radius 1 is 1.33 bits per heavy atom. The summed E-state index contributed by atoms with van der Waals surface area (Å²) in [6, 6.07) is 8.06. The van der Waals surface area contributed by atoms with Crippen LogP contribution in [0.15, 0.2) is 30.3 Å². The molecule has 2 N–H and O–H groups in total. The van der Waals surface area contributed by atoms with E-state index in [-0.39, 0.29) is 11.7 Å². The molecule has 0 aliphatic rings. The molecule has 0 atom stereocenters. The maximum absolute atomic E-state index is 13.2. The highest BCUT2D eigenvalue weighted by Crippen LogP contribution is 2.27. The zero-order chi connectivity index (χ0) is 15.0. The van der Waals surface area contributed by atoms with Gasteiger partial charge < -0.3 is 5.32 Å². The van der Waals surface area contributed by atoms with Crippen molar-refractivity contribution in [2.75, 3.05) is 5.32 Å². The number of amides is 1. The predicted octanol–water partition coefficient (Wildman–Crippen LogP) is 4.14. The summed E-state index contributed by atoms with van der Waals surface area (Å²) < 4.78 is 13.9. The van der Waals surface area contributed by atoms with Gasteiger partial charge in [0.15, 0.2) is 5.82 Å². The van der Waals surface area contributed by atoms with Crippen LogP contribution in [-0.4, -0.2) is 16.1 Å². The summed E-state index contributed by atoms with van der Waals surface area (Å²) >= 11 is 1.26. The van der Waals surface area contributed by atoms with Gasteiger partial charge in [0.05, 0.1) is 4.88 Å². The van der Waals surface area contributed by atoms with Crippen LogP contribution in [0.5, 0.6) is 0 Å². The van der Waals surface area contributed by atoms with Gasteiger partial charge in [0.25, 0.3) is 5.91 Å². The standard InChI is InChI=1S/C15H14FN3OS/c1-8(2)11-7-14(19-18-11)17-15(20)13-5-9-3-4-10(16)6-12(9)21-13/h3-8H,1-2H3,(H2,17,18,19,20). The molecular formula is C15H14FN3OS. The smallest absolute Gasteiger partial charge is 0.266 e. The summed E-state index contributed by atoms with van der Waals surface area (Å²) in [5, 5.41) is 10.5. The van der Waals surface area contributed by atoms with E-state index in [0.717, 1.165) is 15.8 Å². The average Bonchev–Trinajstić information content (AvgIpc) is 3.04. The summed E-state index contributed by atoms with van der Waals surface area (Å²) in [6.07, 6.45) is 0. The molecule has 4 nitrogen and oxygen atoms in total. The molecule has 1 aromatic carbocycles. The van der Waals surface area contributed by atoms with Crippen LogP contribution in [0.3, 0.4) is 0 Å². The van der Waals surface area contributed by atoms with E-state index < -0.39 is 0 Å². The lowest BCUT2D eigenvalue weighted by atomic mass is 10.1. The number of halogens is 1. The third-order valence-corrected chi connectivity index (χ3v) is 4.26. The molecule has 2 aromatic heterocycles. The number of aromatic amines is 1. The third kappa shape index (κ3) is 2.80. The summed E-state index contributed by atoms with van der Waals surface area (Å²) in [6.45, 7) is 4.08. The van der Waals surface area contributed by atoms with Gasteiger partial charge in [0, 0.05) is 16.5 Å². The fourth-order valence-electron chi connectivity index (χ4n) is 1.99. The Labute approximate surface area is 125 Å². The van der Waals surface area contributed by atoms with E-state index in [1.807, 2.05) is 19.9 Å². The van der Waals surface area contributed by atoms with Gasteiger partial charge in [0.1, 0.15) is 5.82 Å². The van der Waals surface area contributed by atoms with Gasteiger partial charge in [-0.2, -0.15) is 5.10 Å². The van der Waals surface area contributed by atoms with E-state index >= 15 is 0 Å². The van der Waals surface area contributed by atoms with Crippen molar-refractivity contribution >= 4 is 33.1 Å². The van der Waals surface area contributed by atoms with Crippen molar-refractivity contribution in [3.63, 3.8) is 0 Å². The van der Waals surface area contributed by atoms with Gasteiger partial charge in [-0.05, 0) is 29.5 Å². The summed E-state index contributed by atoms with van der Waals surface area (Å²) in [4.78, 5) is 12.7. The average molecular weight is 303 g/mol.